The van der Waals surface area contributed by atoms with E-state index in [0.29, 0.717) is 25.4 Å². The van der Waals surface area contributed by atoms with Crippen molar-refractivity contribution in [3.8, 4) is 0 Å². The third kappa shape index (κ3) is 4.05. The molecule has 4 rings (SSSR count). The van der Waals surface area contributed by atoms with E-state index in [0.717, 1.165) is 31.2 Å². The van der Waals surface area contributed by atoms with Gasteiger partial charge in [0.05, 0.1) is 0 Å². The second-order valence-corrected chi connectivity index (χ2v) is 7.64. The average molecular weight is 362 g/mol. The highest BCUT2D eigenvalue weighted by atomic mass is 16.2. The maximum Gasteiger partial charge on any atom is 0.253 e. The summed E-state index contributed by atoms with van der Waals surface area (Å²) in [5.74, 6) is 0.577. The molecule has 0 bridgehead atoms. The smallest absolute Gasteiger partial charge is 0.253 e. The molecule has 4 heteroatoms. The average Bonchev–Trinajstić information content (AvgIpc) is 3.11. The fourth-order valence-electron chi connectivity index (χ4n) is 4.36. The molecule has 0 spiro atoms. The van der Waals surface area contributed by atoms with Crippen molar-refractivity contribution in [2.45, 2.75) is 44.1 Å². The highest BCUT2D eigenvalue weighted by Gasteiger charge is 2.27. The van der Waals surface area contributed by atoms with Gasteiger partial charge in [-0.15, -0.1) is 0 Å². The van der Waals surface area contributed by atoms with Crippen LogP contribution in [0, 0.1) is 0 Å². The van der Waals surface area contributed by atoms with Crippen molar-refractivity contribution in [2.75, 3.05) is 13.1 Å². The number of hydrogen-bond donors (Lipinski definition) is 1. The van der Waals surface area contributed by atoms with Crippen LogP contribution in [0.25, 0.3) is 0 Å². The van der Waals surface area contributed by atoms with Gasteiger partial charge in [0.15, 0.2) is 0 Å². The number of amides is 2. The molecule has 2 amide bonds. The van der Waals surface area contributed by atoms with E-state index in [1.165, 1.54) is 11.1 Å². The number of nitrogens with zero attached hydrogens (tertiary/aromatic N) is 1. The Bertz CT molecular complexity index is 810. The standard InChI is InChI=1S/C23H26N2O2/c26-22(16-19-11-10-17-6-4-5-9-21(17)19)24-20-12-14-25(15-13-20)23(27)18-7-2-1-3-8-18/h1-9,19-20H,10-16H2,(H,24,26)/t19-/m1/s1. The number of rotatable bonds is 4. The minimum absolute atomic E-state index is 0.0861. The number of fused-ring (bicyclic) bond motifs is 1. The van der Waals surface area contributed by atoms with Crippen molar-refractivity contribution >= 4 is 11.8 Å². The Labute approximate surface area is 160 Å². The maximum absolute atomic E-state index is 12.5. The number of nitrogens with one attached hydrogen (secondary N) is 1. The van der Waals surface area contributed by atoms with Crippen LogP contribution >= 0.6 is 0 Å². The summed E-state index contributed by atoms with van der Waals surface area (Å²) in [6.07, 6.45) is 4.36. The van der Waals surface area contributed by atoms with E-state index in [9.17, 15) is 9.59 Å². The van der Waals surface area contributed by atoms with Crippen LogP contribution in [-0.4, -0.2) is 35.8 Å². The molecule has 1 aliphatic heterocycles. The fourth-order valence-corrected chi connectivity index (χ4v) is 4.36. The van der Waals surface area contributed by atoms with E-state index in [1.807, 2.05) is 35.2 Å². The largest absolute Gasteiger partial charge is 0.353 e. The lowest BCUT2D eigenvalue weighted by Crippen LogP contribution is -2.46. The van der Waals surface area contributed by atoms with E-state index < -0.39 is 0 Å². The number of likely N-dealkylation sites (tertiary alicyclic amines) is 1. The summed E-state index contributed by atoms with van der Waals surface area (Å²) in [6.45, 7) is 1.40. The predicted octanol–water partition coefficient (Wildman–Crippen LogP) is 3.53. The van der Waals surface area contributed by atoms with E-state index in [1.54, 1.807) is 0 Å². The van der Waals surface area contributed by atoms with Gasteiger partial charge in [0.2, 0.25) is 5.91 Å². The van der Waals surface area contributed by atoms with Gasteiger partial charge in [-0.05, 0) is 54.9 Å². The van der Waals surface area contributed by atoms with Crippen LogP contribution in [0.4, 0.5) is 0 Å². The summed E-state index contributed by atoms with van der Waals surface area (Å²) in [6, 6.07) is 18.1. The number of hydrogen-bond acceptors (Lipinski definition) is 2. The van der Waals surface area contributed by atoms with E-state index in [-0.39, 0.29) is 17.9 Å². The molecule has 1 fully saturated rings. The van der Waals surface area contributed by atoms with Gasteiger partial charge in [-0.3, -0.25) is 9.59 Å². The molecule has 0 saturated carbocycles. The molecule has 1 aliphatic carbocycles. The van der Waals surface area contributed by atoms with Crippen LogP contribution in [0.2, 0.25) is 0 Å². The Morgan fingerprint density at radius 3 is 2.41 bits per heavy atom. The normalized spacial score (nSPS) is 19.6. The molecule has 1 atom stereocenters. The van der Waals surface area contributed by atoms with Gasteiger partial charge in [0.25, 0.3) is 5.91 Å². The number of benzene rings is 2. The topological polar surface area (TPSA) is 49.4 Å². The lowest BCUT2D eigenvalue weighted by molar-refractivity contribution is -0.122. The van der Waals surface area contributed by atoms with Gasteiger partial charge in [-0.1, -0.05) is 42.5 Å². The number of aryl methyl sites for hydroxylation is 1. The predicted molar refractivity (Wildman–Crippen MR) is 106 cm³/mol. The van der Waals surface area contributed by atoms with Crippen LogP contribution in [0.5, 0.6) is 0 Å². The van der Waals surface area contributed by atoms with Crippen molar-refractivity contribution in [3.63, 3.8) is 0 Å². The molecule has 0 radical (unpaired) electrons. The third-order valence-corrected chi connectivity index (χ3v) is 5.86. The van der Waals surface area contributed by atoms with Crippen molar-refractivity contribution in [1.29, 1.82) is 0 Å². The Kier molecular flexibility index (Phi) is 5.23. The quantitative estimate of drug-likeness (QED) is 0.905. The second kappa shape index (κ2) is 7.95. The third-order valence-electron chi connectivity index (χ3n) is 5.86. The second-order valence-electron chi connectivity index (χ2n) is 7.64. The lowest BCUT2D eigenvalue weighted by Gasteiger charge is -2.32. The van der Waals surface area contributed by atoms with Crippen molar-refractivity contribution in [2.24, 2.45) is 0 Å². The summed E-state index contributed by atoms with van der Waals surface area (Å²) in [7, 11) is 0. The van der Waals surface area contributed by atoms with Crippen molar-refractivity contribution in [3.05, 3.63) is 71.3 Å². The number of carbonyl (C=O) groups is 2. The molecular weight excluding hydrogens is 336 g/mol. The zero-order chi connectivity index (χ0) is 18.6. The highest BCUT2D eigenvalue weighted by Crippen LogP contribution is 2.35. The molecule has 0 aromatic heterocycles. The minimum Gasteiger partial charge on any atom is -0.353 e. The van der Waals surface area contributed by atoms with Gasteiger partial charge < -0.3 is 10.2 Å². The van der Waals surface area contributed by atoms with Crippen LogP contribution < -0.4 is 5.32 Å². The Balaban J connectivity index is 1.26. The van der Waals surface area contributed by atoms with Crippen LogP contribution in [0.3, 0.4) is 0 Å². The van der Waals surface area contributed by atoms with Crippen LogP contribution in [-0.2, 0) is 11.2 Å². The minimum atomic E-state index is 0.0861. The molecule has 2 aromatic rings. The Morgan fingerprint density at radius 2 is 1.63 bits per heavy atom. The Hall–Kier alpha value is -2.62. The first-order valence-electron chi connectivity index (χ1n) is 9.92. The highest BCUT2D eigenvalue weighted by molar-refractivity contribution is 5.94. The summed E-state index contributed by atoms with van der Waals surface area (Å²) >= 11 is 0. The monoisotopic (exact) mass is 362 g/mol. The first-order chi connectivity index (χ1) is 13.2. The molecule has 2 aromatic carbocycles. The SMILES string of the molecule is O=C(C[C@H]1CCc2ccccc21)NC1CCN(C(=O)c2ccccc2)CC1. The van der Waals surface area contributed by atoms with Gasteiger partial charge in [-0.25, -0.2) is 0 Å². The van der Waals surface area contributed by atoms with Gasteiger partial charge in [-0.2, -0.15) is 0 Å². The zero-order valence-electron chi connectivity index (χ0n) is 15.6. The first-order valence-corrected chi connectivity index (χ1v) is 9.92. The molecule has 0 unspecified atom stereocenters. The Morgan fingerprint density at radius 1 is 0.926 bits per heavy atom. The zero-order valence-corrected chi connectivity index (χ0v) is 15.6. The van der Waals surface area contributed by atoms with Crippen LogP contribution in [0.15, 0.2) is 54.6 Å². The number of carbonyl (C=O) groups excluding carboxylic acids is 2. The summed E-state index contributed by atoms with van der Waals surface area (Å²) < 4.78 is 0. The fraction of sp³-hybridized carbons (Fsp3) is 0.391. The summed E-state index contributed by atoms with van der Waals surface area (Å²) in [4.78, 5) is 26.9. The van der Waals surface area contributed by atoms with E-state index in [4.69, 9.17) is 0 Å². The molecular formula is C23H26N2O2. The molecule has 1 N–H and O–H groups in total. The first kappa shape index (κ1) is 17.8. The molecule has 140 valence electrons. The summed E-state index contributed by atoms with van der Waals surface area (Å²) in [5.41, 5.74) is 3.47. The van der Waals surface area contributed by atoms with Crippen molar-refractivity contribution < 1.29 is 9.59 Å². The van der Waals surface area contributed by atoms with Gasteiger partial charge in [0.1, 0.15) is 0 Å². The van der Waals surface area contributed by atoms with Crippen LogP contribution in [0.1, 0.15) is 53.1 Å². The molecule has 2 aliphatic rings. The summed E-state index contributed by atoms with van der Waals surface area (Å²) in [5, 5.41) is 3.20. The molecule has 1 heterocycles. The maximum atomic E-state index is 12.5. The molecule has 4 nitrogen and oxygen atoms in total. The lowest BCUT2D eigenvalue weighted by atomic mass is 9.96. The van der Waals surface area contributed by atoms with Gasteiger partial charge >= 0.3 is 0 Å². The number of piperidine rings is 1. The van der Waals surface area contributed by atoms with Crippen molar-refractivity contribution in [1.82, 2.24) is 10.2 Å². The molecule has 27 heavy (non-hydrogen) atoms. The van der Waals surface area contributed by atoms with Gasteiger partial charge in [0, 0.05) is 31.1 Å². The van der Waals surface area contributed by atoms with E-state index >= 15 is 0 Å². The molecule has 1 saturated heterocycles. The van der Waals surface area contributed by atoms with E-state index in [2.05, 4.69) is 29.6 Å².